The van der Waals surface area contributed by atoms with E-state index in [4.69, 9.17) is 0 Å². The van der Waals surface area contributed by atoms with E-state index in [1.165, 1.54) is 55.0 Å². The van der Waals surface area contributed by atoms with Gasteiger partial charge in [-0.05, 0) is 60.7 Å². The molecule has 2 aromatic heterocycles. The summed E-state index contributed by atoms with van der Waals surface area (Å²) < 4.78 is 5.85. The number of hydrogen-bond acceptors (Lipinski definition) is 0. The van der Waals surface area contributed by atoms with E-state index in [-0.39, 0.29) is 0 Å². The molecule has 2 nitrogen and oxygen atoms in total. The van der Waals surface area contributed by atoms with Crippen molar-refractivity contribution in [2.45, 2.75) is 0 Å². The lowest BCUT2D eigenvalue weighted by Crippen LogP contribution is -1.95. The Morgan fingerprint density at radius 2 is 0.909 bits per heavy atom. The van der Waals surface area contributed by atoms with Gasteiger partial charge in [-0.2, -0.15) is 0 Å². The summed E-state index contributed by atoms with van der Waals surface area (Å²) in [4.78, 5) is 0. The third kappa shape index (κ3) is 2.73. The lowest BCUT2D eigenvalue weighted by atomic mass is 10.1. The van der Waals surface area contributed by atoms with Crippen molar-refractivity contribution in [2.24, 2.45) is 0 Å². The fourth-order valence-electron chi connectivity index (χ4n) is 5.16. The standard InChI is InChI=1S/C30H19BrN2/c31-20-15-16-28-24(17-20)26-18-25-23-13-7-8-14-27(23)32(21-9-3-1-4-10-21)29(25)19-30(26)33(28)22-11-5-2-6-12-22/h1-19H. The van der Waals surface area contributed by atoms with E-state index < -0.39 is 0 Å². The fourth-order valence-corrected chi connectivity index (χ4v) is 5.53. The normalized spacial score (nSPS) is 11.8. The monoisotopic (exact) mass is 486 g/mol. The summed E-state index contributed by atoms with van der Waals surface area (Å²) in [7, 11) is 0. The fraction of sp³-hybridized carbons (Fsp3) is 0. The molecule has 0 aliphatic rings. The summed E-state index contributed by atoms with van der Waals surface area (Å²) in [6.45, 7) is 0. The van der Waals surface area contributed by atoms with Crippen LogP contribution in [0.25, 0.3) is 55.0 Å². The Hall–Kier alpha value is -3.82. The molecule has 0 N–H and O–H groups in total. The van der Waals surface area contributed by atoms with Crippen molar-refractivity contribution in [1.82, 2.24) is 9.13 Å². The molecule has 0 spiro atoms. The van der Waals surface area contributed by atoms with Crippen LogP contribution in [0, 0.1) is 0 Å². The van der Waals surface area contributed by atoms with Crippen LogP contribution in [0.4, 0.5) is 0 Å². The van der Waals surface area contributed by atoms with Gasteiger partial charge in [0.1, 0.15) is 0 Å². The van der Waals surface area contributed by atoms with Crippen molar-refractivity contribution in [3.63, 3.8) is 0 Å². The van der Waals surface area contributed by atoms with Crippen LogP contribution >= 0.6 is 15.9 Å². The first-order valence-electron chi connectivity index (χ1n) is 11.1. The Balaban J connectivity index is 1.72. The molecule has 0 radical (unpaired) electrons. The predicted molar refractivity (Wildman–Crippen MR) is 143 cm³/mol. The highest BCUT2D eigenvalue weighted by Gasteiger charge is 2.18. The minimum absolute atomic E-state index is 1.09. The molecule has 2 heterocycles. The van der Waals surface area contributed by atoms with Crippen LogP contribution < -0.4 is 0 Å². The van der Waals surface area contributed by atoms with E-state index in [1.807, 2.05) is 0 Å². The third-order valence-electron chi connectivity index (χ3n) is 6.55. The van der Waals surface area contributed by atoms with Crippen LogP contribution in [0.2, 0.25) is 0 Å². The zero-order valence-corrected chi connectivity index (χ0v) is 19.3. The number of nitrogens with zero attached hydrogens (tertiary/aromatic N) is 2. The van der Waals surface area contributed by atoms with Gasteiger partial charge in [0.2, 0.25) is 0 Å². The Bertz CT molecular complexity index is 1810. The number of halogens is 1. The van der Waals surface area contributed by atoms with Gasteiger partial charge in [-0.1, -0.05) is 70.5 Å². The van der Waals surface area contributed by atoms with Crippen LogP contribution in [-0.2, 0) is 0 Å². The van der Waals surface area contributed by atoms with Crippen molar-refractivity contribution in [2.75, 3.05) is 0 Å². The average molecular weight is 487 g/mol. The minimum Gasteiger partial charge on any atom is -0.309 e. The van der Waals surface area contributed by atoms with Crippen molar-refractivity contribution in [1.29, 1.82) is 0 Å². The molecule has 0 saturated carbocycles. The van der Waals surface area contributed by atoms with Gasteiger partial charge in [-0.15, -0.1) is 0 Å². The summed E-state index contributed by atoms with van der Waals surface area (Å²) in [6.07, 6.45) is 0. The number of aromatic nitrogens is 2. The van der Waals surface area contributed by atoms with Crippen molar-refractivity contribution in [3.8, 4) is 11.4 Å². The van der Waals surface area contributed by atoms with Crippen molar-refractivity contribution < 1.29 is 0 Å². The summed E-state index contributed by atoms with van der Waals surface area (Å²) in [5, 5.41) is 5.06. The highest BCUT2D eigenvalue weighted by molar-refractivity contribution is 9.10. The highest BCUT2D eigenvalue weighted by atomic mass is 79.9. The topological polar surface area (TPSA) is 9.86 Å². The van der Waals surface area contributed by atoms with Gasteiger partial charge in [-0.3, -0.25) is 0 Å². The molecule has 0 saturated heterocycles. The number of benzene rings is 5. The molecule has 5 aromatic carbocycles. The molecule has 0 fully saturated rings. The molecule has 0 aliphatic carbocycles. The quantitative estimate of drug-likeness (QED) is 0.231. The smallest absolute Gasteiger partial charge is 0.0562 e. The molecule has 0 amide bonds. The van der Waals surface area contributed by atoms with Crippen molar-refractivity contribution in [3.05, 3.63) is 120 Å². The number of fused-ring (bicyclic) bond motifs is 6. The lowest BCUT2D eigenvalue weighted by Gasteiger charge is -2.10. The zero-order chi connectivity index (χ0) is 21.9. The molecule has 0 bridgehead atoms. The van der Waals surface area contributed by atoms with Crippen LogP contribution in [-0.4, -0.2) is 9.13 Å². The van der Waals surface area contributed by atoms with E-state index in [0.29, 0.717) is 0 Å². The lowest BCUT2D eigenvalue weighted by molar-refractivity contribution is 1.16. The van der Waals surface area contributed by atoms with Crippen LogP contribution in [0.15, 0.2) is 120 Å². The second-order valence-corrected chi connectivity index (χ2v) is 9.32. The van der Waals surface area contributed by atoms with Crippen LogP contribution in [0.5, 0.6) is 0 Å². The summed E-state index contributed by atoms with van der Waals surface area (Å²) in [5.41, 5.74) is 7.20. The second-order valence-electron chi connectivity index (χ2n) is 8.41. The molecule has 33 heavy (non-hydrogen) atoms. The summed E-state index contributed by atoms with van der Waals surface area (Å²) in [5.74, 6) is 0. The molecule has 156 valence electrons. The van der Waals surface area contributed by atoms with Gasteiger partial charge in [0.25, 0.3) is 0 Å². The van der Waals surface area contributed by atoms with Gasteiger partial charge < -0.3 is 9.13 Å². The van der Waals surface area contributed by atoms with Crippen LogP contribution in [0.1, 0.15) is 0 Å². The third-order valence-corrected chi connectivity index (χ3v) is 7.04. The first-order chi connectivity index (χ1) is 16.3. The molecule has 7 rings (SSSR count). The van der Waals surface area contributed by atoms with Gasteiger partial charge in [0.05, 0.1) is 22.1 Å². The average Bonchev–Trinajstić information content (AvgIpc) is 3.35. The molecule has 7 aromatic rings. The summed E-state index contributed by atoms with van der Waals surface area (Å²) >= 11 is 3.69. The Labute approximate surface area is 199 Å². The van der Waals surface area contributed by atoms with E-state index >= 15 is 0 Å². The molecule has 0 aliphatic heterocycles. The second kappa shape index (κ2) is 7.09. The van der Waals surface area contributed by atoms with E-state index in [2.05, 4.69) is 140 Å². The number of hydrogen-bond donors (Lipinski definition) is 0. The largest absolute Gasteiger partial charge is 0.309 e. The predicted octanol–water partition coefficient (Wildman–Crippen LogP) is 8.64. The first kappa shape index (κ1) is 18.7. The Morgan fingerprint density at radius 1 is 0.394 bits per heavy atom. The maximum atomic E-state index is 3.69. The number of para-hydroxylation sites is 3. The first-order valence-corrected chi connectivity index (χ1v) is 11.9. The Kier molecular flexibility index (Phi) is 4.02. The van der Waals surface area contributed by atoms with Gasteiger partial charge in [0, 0.05) is 37.4 Å². The van der Waals surface area contributed by atoms with Crippen molar-refractivity contribution >= 4 is 59.5 Å². The molecule has 0 atom stereocenters. The minimum atomic E-state index is 1.09. The van der Waals surface area contributed by atoms with E-state index in [1.54, 1.807) is 0 Å². The zero-order valence-electron chi connectivity index (χ0n) is 17.7. The van der Waals surface area contributed by atoms with Gasteiger partial charge in [0.15, 0.2) is 0 Å². The SMILES string of the molecule is Brc1ccc2c(c1)c1cc3c4ccccc4n(-c4ccccc4)c3cc1n2-c1ccccc1. The van der Waals surface area contributed by atoms with Gasteiger partial charge in [-0.25, -0.2) is 0 Å². The maximum absolute atomic E-state index is 3.69. The number of rotatable bonds is 2. The Morgan fingerprint density at radius 3 is 1.58 bits per heavy atom. The maximum Gasteiger partial charge on any atom is 0.0562 e. The van der Waals surface area contributed by atoms with E-state index in [0.717, 1.165) is 4.47 Å². The molecule has 0 unspecified atom stereocenters. The van der Waals surface area contributed by atoms with Gasteiger partial charge >= 0.3 is 0 Å². The molecular weight excluding hydrogens is 468 g/mol. The highest BCUT2D eigenvalue weighted by Crippen LogP contribution is 2.40. The molecular formula is C30H19BrN2. The van der Waals surface area contributed by atoms with E-state index in [9.17, 15) is 0 Å². The van der Waals surface area contributed by atoms with Crippen LogP contribution in [0.3, 0.4) is 0 Å². The molecule has 3 heteroatoms. The summed E-state index contributed by atoms with van der Waals surface area (Å²) in [6, 6.07) is 41.3.